The summed E-state index contributed by atoms with van der Waals surface area (Å²) in [7, 11) is 0. The predicted octanol–water partition coefficient (Wildman–Crippen LogP) is 4.64. The highest BCUT2D eigenvalue weighted by atomic mass is 79.9. The molecule has 0 aromatic carbocycles. The van der Waals surface area contributed by atoms with Crippen molar-refractivity contribution in [2.24, 2.45) is 29.1 Å². The third-order valence-electron chi connectivity index (χ3n) is 8.17. The van der Waals surface area contributed by atoms with Crippen LogP contribution in [0.15, 0.2) is 11.6 Å². The minimum Gasteiger partial charge on any atom is -0.388 e. The average molecular weight is 381 g/mol. The quantitative estimate of drug-likeness (QED) is 0.672. The molecule has 4 rings (SSSR count). The van der Waals surface area contributed by atoms with Crippen LogP contribution >= 0.6 is 15.9 Å². The molecule has 7 atom stereocenters. The molecule has 4 aliphatic rings. The number of aliphatic hydroxyl groups is 1. The molecule has 0 aromatic heterocycles. The lowest BCUT2D eigenvalue weighted by molar-refractivity contribution is -0.120. The molecular formula is C20H29BrO2. The minimum absolute atomic E-state index is 0.0583. The number of hydrogen-bond acceptors (Lipinski definition) is 2. The van der Waals surface area contributed by atoms with Gasteiger partial charge in [-0.15, -0.1) is 0 Å². The van der Waals surface area contributed by atoms with Crippen LogP contribution in [0.2, 0.25) is 0 Å². The van der Waals surface area contributed by atoms with Crippen LogP contribution in [0.4, 0.5) is 0 Å². The van der Waals surface area contributed by atoms with Gasteiger partial charge in [0.25, 0.3) is 0 Å². The van der Waals surface area contributed by atoms with Crippen molar-refractivity contribution in [2.45, 2.75) is 75.6 Å². The number of fused-ring (bicyclic) bond motifs is 5. The molecule has 3 fully saturated rings. The summed E-state index contributed by atoms with van der Waals surface area (Å²) < 4.78 is 0. The number of carbonyl (C=O) groups excluding carboxylic acids is 1. The lowest BCUT2D eigenvalue weighted by Gasteiger charge is -2.56. The molecule has 0 unspecified atom stereocenters. The number of alkyl halides is 1. The fourth-order valence-corrected chi connectivity index (χ4v) is 7.64. The van der Waals surface area contributed by atoms with Gasteiger partial charge in [0.2, 0.25) is 0 Å². The maximum Gasteiger partial charge on any atom is 0.155 e. The second-order valence-electron chi connectivity index (χ2n) is 8.84. The van der Waals surface area contributed by atoms with E-state index in [9.17, 15) is 9.90 Å². The van der Waals surface area contributed by atoms with Gasteiger partial charge in [-0.1, -0.05) is 28.4 Å². The molecule has 0 aromatic rings. The number of halogens is 1. The molecule has 23 heavy (non-hydrogen) atoms. The van der Waals surface area contributed by atoms with Crippen molar-refractivity contribution < 1.29 is 9.90 Å². The van der Waals surface area contributed by atoms with E-state index in [4.69, 9.17) is 0 Å². The molecule has 0 spiro atoms. The van der Waals surface area contributed by atoms with Crippen LogP contribution in [0.3, 0.4) is 0 Å². The van der Waals surface area contributed by atoms with Crippen molar-refractivity contribution in [3.8, 4) is 0 Å². The fraction of sp³-hybridized carbons (Fsp3) is 0.850. The van der Waals surface area contributed by atoms with Crippen LogP contribution in [0, 0.1) is 29.1 Å². The first kappa shape index (κ1) is 16.3. The van der Waals surface area contributed by atoms with Gasteiger partial charge < -0.3 is 5.11 Å². The van der Waals surface area contributed by atoms with Crippen LogP contribution < -0.4 is 0 Å². The van der Waals surface area contributed by atoms with Gasteiger partial charge in [0.05, 0.1) is 5.60 Å². The van der Waals surface area contributed by atoms with Gasteiger partial charge in [0, 0.05) is 16.7 Å². The molecule has 1 N–H and O–H groups in total. The zero-order chi connectivity index (χ0) is 16.4. The van der Waals surface area contributed by atoms with Crippen molar-refractivity contribution in [3.05, 3.63) is 11.6 Å². The topological polar surface area (TPSA) is 37.3 Å². The van der Waals surface area contributed by atoms with Crippen molar-refractivity contribution in [3.63, 3.8) is 0 Å². The molecule has 0 aliphatic heterocycles. The third kappa shape index (κ3) is 2.18. The van der Waals surface area contributed by atoms with Crippen molar-refractivity contribution in [1.29, 1.82) is 0 Å². The largest absolute Gasteiger partial charge is 0.388 e. The second-order valence-corrected chi connectivity index (χ2v) is 10.2. The van der Waals surface area contributed by atoms with E-state index in [1.807, 2.05) is 6.08 Å². The monoisotopic (exact) mass is 380 g/mol. The summed E-state index contributed by atoms with van der Waals surface area (Å²) in [4.78, 5) is 11.9. The van der Waals surface area contributed by atoms with E-state index in [0.717, 1.165) is 43.9 Å². The minimum atomic E-state index is -0.554. The average Bonchev–Trinajstić information content (AvgIpc) is 2.80. The Hall–Kier alpha value is -0.150. The first-order valence-corrected chi connectivity index (χ1v) is 10.4. The van der Waals surface area contributed by atoms with Crippen molar-refractivity contribution in [2.75, 3.05) is 0 Å². The van der Waals surface area contributed by atoms with Crippen LogP contribution in [0.1, 0.15) is 65.2 Å². The molecule has 0 radical (unpaired) electrons. The molecule has 0 bridgehead atoms. The molecule has 2 nitrogen and oxygen atoms in total. The highest BCUT2D eigenvalue weighted by Crippen LogP contribution is 2.66. The molecule has 3 saturated carbocycles. The van der Waals surface area contributed by atoms with Crippen LogP contribution in [-0.2, 0) is 4.79 Å². The lowest BCUT2D eigenvalue weighted by atomic mass is 9.50. The summed E-state index contributed by atoms with van der Waals surface area (Å²) >= 11 is 3.71. The van der Waals surface area contributed by atoms with Crippen molar-refractivity contribution >= 4 is 21.7 Å². The molecule has 4 aliphatic carbocycles. The van der Waals surface area contributed by atoms with Gasteiger partial charge in [0.15, 0.2) is 5.78 Å². The smallest absolute Gasteiger partial charge is 0.155 e. The summed E-state index contributed by atoms with van der Waals surface area (Å²) in [6.45, 7) is 4.47. The molecule has 0 amide bonds. The Morgan fingerprint density at radius 1 is 1.17 bits per heavy atom. The van der Waals surface area contributed by atoms with Gasteiger partial charge >= 0.3 is 0 Å². The Kier molecular flexibility index (Phi) is 3.85. The van der Waals surface area contributed by atoms with E-state index in [0.29, 0.717) is 17.6 Å². The molecule has 0 heterocycles. The maximum atomic E-state index is 11.8. The molecular weight excluding hydrogens is 352 g/mol. The standard InChI is InChI=1S/C20H29BrO2/c1-12(21)20(23)10-8-18-17-5-3-13-11-14(22)4-6-15(13)16(17)7-9-19(18,20)2/h11-12,15-18,23H,3-10H2,1-2H3/t12-,15+,16-,17-,18+,19+,20+/m1/s1. The van der Waals surface area contributed by atoms with Gasteiger partial charge in [-0.05, 0) is 81.6 Å². The normalized spacial score (nSPS) is 50.6. The number of hydrogen-bond donors (Lipinski definition) is 1. The van der Waals surface area contributed by atoms with E-state index in [1.165, 1.54) is 24.8 Å². The van der Waals surface area contributed by atoms with E-state index in [-0.39, 0.29) is 10.2 Å². The zero-order valence-electron chi connectivity index (χ0n) is 14.4. The summed E-state index contributed by atoms with van der Waals surface area (Å²) in [6, 6.07) is 0. The Labute approximate surface area is 148 Å². The Balaban J connectivity index is 1.64. The zero-order valence-corrected chi connectivity index (χ0v) is 15.9. The van der Waals surface area contributed by atoms with E-state index < -0.39 is 5.60 Å². The summed E-state index contributed by atoms with van der Waals surface area (Å²) in [5, 5.41) is 11.4. The number of ketones is 1. The van der Waals surface area contributed by atoms with E-state index in [2.05, 4.69) is 29.8 Å². The fourth-order valence-electron chi connectivity index (χ4n) is 6.89. The van der Waals surface area contributed by atoms with Crippen molar-refractivity contribution in [1.82, 2.24) is 0 Å². The number of allylic oxidation sites excluding steroid dienone is 1. The Morgan fingerprint density at radius 3 is 2.70 bits per heavy atom. The summed E-state index contributed by atoms with van der Waals surface area (Å²) in [5.74, 6) is 3.17. The van der Waals surface area contributed by atoms with E-state index in [1.54, 1.807) is 0 Å². The summed E-state index contributed by atoms with van der Waals surface area (Å²) in [6.07, 6.45) is 10.6. The number of carbonyl (C=O) groups is 1. The van der Waals surface area contributed by atoms with Gasteiger partial charge in [-0.25, -0.2) is 0 Å². The highest BCUT2D eigenvalue weighted by molar-refractivity contribution is 9.09. The summed E-state index contributed by atoms with van der Waals surface area (Å²) in [5.41, 5.74) is 0.956. The van der Waals surface area contributed by atoms with Crippen LogP contribution in [0.5, 0.6) is 0 Å². The SMILES string of the molecule is C[C@@H](Br)[C@@]1(O)CC[C@H]2[C@@H]3CCC4=CC(=O)CC[C@@H]4[C@H]3CC[C@@]21C. The first-order chi connectivity index (χ1) is 10.9. The first-order valence-electron chi connectivity index (χ1n) is 9.46. The Bertz CT molecular complexity index is 554. The number of rotatable bonds is 1. The Morgan fingerprint density at radius 2 is 1.96 bits per heavy atom. The van der Waals surface area contributed by atoms with Gasteiger partial charge in [0.1, 0.15) is 0 Å². The van der Waals surface area contributed by atoms with Crippen LogP contribution in [0.25, 0.3) is 0 Å². The molecule has 0 saturated heterocycles. The molecule has 3 heteroatoms. The van der Waals surface area contributed by atoms with Gasteiger partial charge in [-0.3, -0.25) is 4.79 Å². The third-order valence-corrected chi connectivity index (χ3v) is 8.93. The van der Waals surface area contributed by atoms with E-state index >= 15 is 0 Å². The predicted molar refractivity (Wildman–Crippen MR) is 95.4 cm³/mol. The van der Waals surface area contributed by atoms with Crippen LogP contribution in [-0.4, -0.2) is 21.3 Å². The van der Waals surface area contributed by atoms with Gasteiger partial charge in [-0.2, -0.15) is 0 Å². The molecule has 128 valence electrons. The maximum absolute atomic E-state index is 11.8. The second kappa shape index (κ2) is 5.42. The highest BCUT2D eigenvalue weighted by Gasteiger charge is 2.63. The lowest BCUT2D eigenvalue weighted by Crippen LogP contribution is -2.55.